The normalized spacial score (nSPS) is 18.9. The Morgan fingerprint density at radius 2 is 2.18 bits per heavy atom. The highest BCUT2D eigenvalue weighted by molar-refractivity contribution is 6.44. The summed E-state index contributed by atoms with van der Waals surface area (Å²) in [5.41, 5.74) is 5.35. The molecule has 17 heavy (non-hydrogen) atoms. The summed E-state index contributed by atoms with van der Waals surface area (Å²) in [4.78, 5) is 22.7. The standard InChI is InChI=1S/C10H9Cl2N3O2/c11-5-2-1-3-6(9(5)12)13-10(17)7-4-8(16)15-14-7/h1-3,7,14H,4H2,(H,13,17)(H,15,16). The molecule has 0 spiro atoms. The van der Waals surface area contributed by atoms with Gasteiger partial charge in [-0.15, -0.1) is 0 Å². The molecule has 0 bridgehead atoms. The fraction of sp³-hybridized carbons (Fsp3) is 0.200. The number of halogens is 2. The zero-order valence-corrected chi connectivity index (χ0v) is 10.1. The summed E-state index contributed by atoms with van der Waals surface area (Å²) in [5, 5.41) is 3.24. The van der Waals surface area contributed by atoms with E-state index in [1.807, 2.05) is 0 Å². The predicted molar refractivity (Wildman–Crippen MR) is 64.8 cm³/mol. The van der Waals surface area contributed by atoms with Gasteiger partial charge in [0.2, 0.25) is 11.8 Å². The number of anilines is 1. The van der Waals surface area contributed by atoms with Gasteiger partial charge in [0.25, 0.3) is 0 Å². The van der Waals surface area contributed by atoms with Gasteiger partial charge in [-0.1, -0.05) is 29.3 Å². The Morgan fingerprint density at radius 1 is 1.41 bits per heavy atom. The maximum atomic E-state index is 11.8. The zero-order valence-electron chi connectivity index (χ0n) is 8.59. The molecule has 2 rings (SSSR count). The molecule has 0 saturated carbocycles. The van der Waals surface area contributed by atoms with Crippen LogP contribution in [0.15, 0.2) is 18.2 Å². The molecule has 1 aliphatic heterocycles. The second-order valence-corrected chi connectivity index (χ2v) is 4.33. The van der Waals surface area contributed by atoms with Crippen molar-refractivity contribution in [2.75, 3.05) is 5.32 Å². The van der Waals surface area contributed by atoms with Crippen molar-refractivity contribution in [2.45, 2.75) is 12.5 Å². The van der Waals surface area contributed by atoms with Crippen molar-refractivity contribution >= 4 is 40.7 Å². The lowest BCUT2D eigenvalue weighted by atomic mass is 10.2. The number of hydrogen-bond acceptors (Lipinski definition) is 3. The fourth-order valence-corrected chi connectivity index (χ4v) is 1.78. The van der Waals surface area contributed by atoms with E-state index in [1.54, 1.807) is 18.2 Å². The van der Waals surface area contributed by atoms with Gasteiger partial charge in [0, 0.05) is 0 Å². The Hall–Kier alpha value is -1.30. The number of carbonyl (C=O) groups excluding carboxylic acids is 2. The van der Waals surface area contributed by atoms with Crippen LogP contribution in [0.1, 0.15) is 6.42 Å². The molecule has 1 aromatic carbocycles. The molecule has 3 N–H and O–H groups in total. The van der Waals surface area contributed by atoms with Crippen LogP contribution in [0, 0.1) is 0 Å². The molecule has 0 radical (unpaired) electrons. The highest BCUT2D eigenvalue weighted by Crippen LogP contribution is 2.29. The van der Waals surface area contributed by atoms with Crippen LogP contribution in [0.3, 0.4) is 0 Å². The number of carbonyl (C=O) groups is 2. The molecule has 2 amide bonds. The van der Waals surface area contributed by atoms with Crippen LogP contribution in [0.25, 0.3) is 0 Å². The molecule has 1 atom stereocenters. The first-order valence-corrected chi connectivity index (χ1v) is 5.63. The second kappa shape index (κ2) is 4.91. The largest absolute Gasteiger partial charge is 0.323 e. The number of hydrogen-bond donors (Lipinski definition) is 3. The van der Waals surface area contributed by atoms with Crippen molar-refractivity contribution in [1.29, 1.82) is 0 Å². The summed E-state index contributed by atoms with van der Waals surface area (Å²) >= 11 is 11.7. The van der Waals surface area contributed by atoms with Crippen LogP contribution >= 0.6 is 23.2 Å². The minimum absolute atomic E-state index is 0.101. The van der Waals surface area contributed by atoms with Gasteiger partial charge in [0.1, 0.15) is 6.04 Å². The van der Waals surface area contributed by atoms with Gasteiger partial charge < -0.3 is 5.32 Å². The third-order valence-corrected chi connectivity index (χ3v) is 3.12. The smallest absolute Gasteiger partial charge is 0.243 e. The van der Waals surface area contributed by atoms with Crippen molar-refractivity contribution in [3.63, 3.8) is 0 Å². The highest BCUT2D eigenvalue weighted by Gasteiger charge is 2.27. The first kappa shape index (κ1) is 12.2. The van der Waals surface area contributed by atoms with Crippen LogP contribution in [0.2, 0.25) is 10.0 Å². The van der Waals surface area contributed by atoms with E-state index in [2.05, 4.69) is 16.2 Å². The minimum atomic E-state index is -0.599. The number of hydrazine groups is 1. The summed E-state index contributed by atoms with van der Waals surface area (Å²) < 4.78 is 0. The van der Waals surface area contributed by atoms with E-state index in [0.29, 0.717) is 10.7 Å². The molecule has 0 aromatic heterocycles. The van der Waals surface area contributed by atoms with Crippen LogP contribution in [-0.2, 0) is 9.59 Å². The molecule has 5 nitrogen and oxygen atoms in total. The van der Waals surface area contributed by atoms with E-state index in [0.717, 1.165) is 0 Å². The lowest BCUT2D eigenvalue weighted by Gasteiger charge is -2.11. The molecule has 1 fully saturated rings. The lowest BCUT2D eigenvalue weighted by Crippen LogP contribution is -2.39. The Morgan fingerprint density at radius 3 is 2.82 bits per heavy atom. The first-order chi connectivity index (χ1) is 8.08. The summed E-state index contributed by atoms with van der Waals surface area (Å²) in [6.07, 6.45) is 0.101. The van der Waals surface area contributed by atoms with E-state index in [1.165, 1.54) is 0 Å². The van der Waals surface area contributed by atoms with Gasteiger partial charge in [-0.05, 0) is 12.1 Å². The molecule has 7 heteroatoms. The van der Waals surface area contributed by atoms with Crippen LogP contribution in [0.5, 0.6) is 0 Å². The fourth-order valence-electron chi connectivity index (χ4n) is 1.43. The third-order valence-electron chi connectivity index (χ3n) is 2.30. The number of nitrogens with one attached hydrogen (secondary N) is 3. The van der Waals surface area contributed by atoms with Crippen molar-refractivity contribution in [3.05, 3.63) is 28.2 Å². The zero-order chi connectivity index (χ0) is 12.4. The third kappa shape index (κ3) is 2.69. The summed E-state index contributed by atoms with van der Waals surface area (Å²) in [5.74, 6) is -0.560. The maximum Gasteiger partial charge on any atom is 0.243 e. The average Bonchev–Trinajstić information content (AvgIpc) is 2.72. The summed E-state index contributed by atoms with van der Waals surface area (Å²) in [6.45, 7) is 0. The Labute approximate surface area is 107 Å². The maximum absolute atomic E-state index is 11.8. The number of rotatable bonds is 2. The monoisotopic (exact) mass is 273 g/mol. The molecule has 1 heterocycles. The van der Waals surface area contributed by atoms with Crippen molar-refractivity contribution in [2.24, 2.45) is 0 Å². The van der Waals surface area contributed by atoms with Gasteiger partial charge in [-0.25, -0.2) is 5.43 Å². The highest BCUT2D eigenvalue weighted by atomic mass is 35.5. The molecule has 1 saturated heterocycles. The van der Waals surface area contributed by atoms with Gasteiger partial charge in [0.15, 0.2) is 0 Å². The molecule has 90 valence electrons. The molecular formula is C10H9Cl2N3O2. The number of benzene rings is 1. The molecule has 1 unspecified atom stereocenters. The van der Waals surface area contributed by atoms with Crippen molar-refractivity contribution in [1.82, 2.24) is 10.9 Å². The van der Waals surface area contributed by atoms with Crippen LogP contribution in [0.4, 0.5) is 5.69 Å². The van der Waals surface area contributed by atoms with Gasteiger partial charge in [0.05, 0.1) is 22.2 Å². The average molecular weight is 274 g/mol. The lowest BCUT2D eigenvalue weighted by molar-refractivity contribution is -0.121. The van der Waals surface area contributed by atoms with E-state index in [-0.39, 0.29) is 23.3 Å². The minimum Gasteiger partial charge on any atom is -0.323 e. The van der Waals surface area contributed by atoms with Crippen LogP contribution in [-0.4, -0.2) is 17.9 Å². The Balaban J connectivity index is 2.08. The molecule has 0 aliphatic carbocycles. The van der Waals surface area contributed by atoms with Gasteiger partial charge >= 0.3 is 0 Å². The quantitative estimate of drug-likeness (QED) is 0.761. The van der Waals surface area contributed by atoms with E-state index in [9.17, 15) is 9.59 Å². The topological polar surface area (TPSA) is 70.2 Å². The van der Waals surface area contributed by atoms with Crippen molar-refractivity contribution < 1.29 is 9.59 Å². The summed E-state index contributed by atoms with van der Waals surface area (Å²) in [6, 6.07) is 4.34. The molecule has 1 aromatic rings. The Kier molecular flexibility index (Phi) is 3.51. The Bertz CT molecular complexity index is 479. The van der Waals surface area contributed by atoms with Crippen molar-refractivity contribution in [3.8, 4) is 0 Å². The van der Waals surface area contributed by atoms with E-state index < -0.39 is 6.04 Å². The van der Waals surface area contributed by atoms with E-state index in [4.69, 9.17) is 23.2 Å². The van der Waals surface area contributed by atoms with Gasteiger partial charge in [-0.2, -0.15) is 0 Å². The summed E-state index contributed by atoms with van der Waals surface area (Å²) in [7, 11) is 0. The van der Waals surface area contributed by atoms with E-state index >= 15 is 0 Å². The molecule has 1 aliphatic rings. The predicted octanol–water partition coefficient (Wildman–Crippen LogP) is 1.32. The second-order valence-electron chi connectivity index (χ2n) is 3.54. The molecular weight excluding hydrogens is 265 g/mol. The first-order valence-electron chi connectivity index (χ1n) is 4.87. The van der Waals surface area contributed by atoms with Crippen LogP contribution < -0.4 is 16.2 Å². The number of amides is 2. The SMILES string of the molecule is O=C1CC(C(=O)Nc2cccc(Cl)c2Cl)NN1. The van der Waals surface area contributed by atoms with Gasteiger partial charge in [-0.3, -0.25) is 15.0 Å².